The molecule has 0 fully saturated rings. The highest BCUT2D eigenvalue weighted by Gasteiger charge is 2.39. The summed E-state index contributed by atoms with van der Waals surface area (Å²) in [6.45, 7) is 1.80. The zero-order valence-corrected chi connectivity index (χ0v) is 14.5. The Labute approximate surface area is 146 Å². The number of carbonyl (C=O) groups is 2. The summed E-state index contributed by atoms with van der Waals surface area (Å²) < 4.78 is 10.0. The number of benzene rings is 1. The number of ether oxygens (including phenoxy) is 2. The van der Waals surface area contributed by atoms with Crippen LogP contribution in [0.3, 0.4) is 0 Å². The Balaban J connectivity index is 2.19. The van der Waals surface area contributed by atoms with Gasteiger partial charge in [-0.1, -0.05) is 6.07 Å². The quantitative estimate of drug-likeness (QED) is 0.821. The van der Waals surface area contributed by atoms with Gasteiger partial charge in [0.15, 0.2) is 17.3 Å². The Morgan fingerprint density at radius 3 is 2.68 bits per heavy atom. The molecule has 1 aromatic carbocycles. The number of dihydropyridines is 1. The van der Waals surface area contributed by atoms with E-state index in [9.17, 15) is 14.7 Å². The van der Waals surface area contributed by atoms with E-state index in [0.29, 0.717) is 34.6 Å². The Morgan fingerprint density at radius 2 is 2.04 bits per heavy atom. The van der Waals surface area contributed by atoms with E-state index in [4.69, 9.17) is 9.47 Å². The monoisotopic (exact) mass is 343 g/mol. The maximum absolute atomic E-state index is 12.6. The van der Waals surface area contributed by atoms with Crippen molar-refractivity contribution in [3.05, 3.63) is 46.3 Å². The second-order valence-electron chi connectivity index (χ2n) is 6.19. The lowest BCUT2D eigenvalue weighted by Gasteiger charge is -2.34. The summed E-state index contributed by atoms with van der Waals surface area (Å²) in [5, 5.41) is 13.4. The molecule has 2 N–H and O–H groups in total. The molecule has 1 heterocycles. The van der Waals surface area contributed by atoms with Gasteiger partial charge in [0.05, 0.1) is 19.8 Å². The third-order valence-corrected chi connectivity index (χ3v) is 4.72. The highest BCUT2D eigenvalue weighted by molar-refractivity contribution is 6.03. The molecular formula is C19H21NO5. The Kier molecular flexibility index (Phi) is 4.53. The number of Topliss-reactive ketones (excluding diaryl/α,β-unsaturated/α-hetero) is 1. The van der Waals surface area contributed by atoms with Crippen molar-refractivity contribution in [3.8, 4) is 11.5 Å². The molecule has 1 aliphatic heterocycles. The van der Waals surface area contributed by atoms with E-state index in [2.05, 4.69) is 5.32 Å². The van der Waals surface area contributed by atoms with Crippen LogP contribution in [0.15, 0.2) is 40.7 Å². The van der Waals surface area contributed by atoms with Crippen molar-refractivity contribution in [1.29, 1.82) is 0 Å². The average Bonchev–Trinajstić information content (AvgIpc) is 2.60. The van der Waals surface area contributed by atoms with Gasteiger partial charge in [-0.25, -0.2) is 4.79 Å². The molecule has 1 atom stereocenters. The van der Waals surface area contributed by atoms with Gasteiger partial charge in [-0.05, 0) is 37.5 Å². The summed E-state index contributed by atoms with van der Waals surface area (Å²) in [7, 11) is 2.78. The Hall–Kier alpha value is -2.76. The van der Waals surface area contributed by atoms with Crippen LogP contribution < -0.4 is 10.1 Å². The smallest absolute Gasteiger partial charge is 0.336 e. The molecule has 6 heteroatoms. The number of methoxy groups -OCH3 is 2. The zero-order chi connectivity index (χ0) is 18.1. The van der Waals surface area contributed by atoms with E-state index in [1.165, 1.54) is 20.3 Å². The number of ketones is 1. The minimum absolute atomic E-state index is 0.0166. The number of esters is 1. The minimum Gasteiger partial charge on any atom is -0.504 e. The van der Waals surface area contributed by atoms with Crippen LogP contribution in [-0.2, 0) is 14.3 Å². The van der Waals surface area contributed by atoms with E-state index in [1.54, 1.807) is 19.1 Å². The van der Waals surface area contributed by atoms with Crippen LogP contribution in [0.1, 0.15) is 37.7 Å². The molecule has 1 aromatic rings. The van der Waals surface area contributed by atoms with E-state index in [1.807, 2.05) is 0 Å². The number of phenols is 1. The molecular weight excluding hydrogens is 322 g/mol. The molecule has 3 rings (SSSR count). The van der Waals surface area contributed by atoms with Crippen molar-refractivity contribution < 1.29 is 24.2 Å². The van der Waals surface area contributed by atoms with Crippen molar-refractivity contribution >= 4 is 11.8 Å². The van der Waals surface area contributed by atoms with Gasteiger partial charge in [-0.2, -0.15) is 0 Å². The molecule has 0 bridgehead atoms. The van der Waals surface area contributed by atoms with Crippen LogP contribution in [0.4, 0.5) is 0 Å². The van der Waals surface area contributed by atoms with Crippen molar-refractivity contribution in [1.82, 2.24) is 5.32 Å². The number of rotatable bonds is 3. The second kappa shape index (κ2) is 6.63. The van der Waals surface area contributed by atoms with Crippen molar-refractivity contribution in [2.75, 3.05) is 14.2 Å². The number of aromatic hydroxyl groups is 1. The number of hydrogen-bond acceptors (Lipinski definition) is 6. The number of phenolic OH excluding ortho intramolecular Hbond substituents is 1. The zero-order valence-electron chi connectivity index (χ0n) is 14.5. The predicted molar refractivity (Wildman–Crippen MR) is 91.1 cm³/mol. The molecule has 0 aromatic heterocycles. The molecule has 0 spiro atoms. The van der Waals surface area contributed by atoms with Gasteiger partial charge in [0.1, 0.15) is 0 Å². The lowest BCUT2D eigenvalue weighted by atomic mass is 9.75. The molecule has 0 saturated heterocycles. The van der Waals surface area contributed by atoms with Crippen LogP contribution in [0.25, 0.3) is 0 Å². The predicted octanol–water partition coefficient (Wildman–Crippen LogP) is 2.54. The van der Waals surface area contributed by atoms with Crippen LogP contribution >= 0.6 is 0 Å². The van der Waals surface area contributed by atoms with E-state index >= 15 is 0 Å². The van der Waals surface area contributed by atoms with Gasteiger partial charge in [0.2, 0.25) is 0 Å². The Bertz CT molecular complexity index is 806. The minimum atomic E-state index is -0.562. The number of carbonyl (C=O) groups excluding carboxylic acids is 2. The SMILES string of the molecule is COC(=O)C1=C(C)NC2=C(C(=O)CCC2)[C@H]1c1ccc(OC)c(O)c1. The largest absolute Gasteiger partial charge is 0.504 e. The second-order valence-corrected chi connectivity index (χ2v) is 6.19. The summed E-state index contributed by atoms with van der Waals surface area (Å²) in [4.78, 5) is 25.0. The first-order valence-corrected chi connectivity index (χ1v) is 8.17. The number of nitrogens with one attached hydrogen (secondary N) is 1. The average molecular weight is 343 g/mol. The highest BCUT2D eigenvalue weighted by atomic mass is 16.5. The summed E-state index contributed by atoms with van der Waals surface area (Å²) in [6, 6.07) is 4.93. The molecule has 6 nitrogen and oxygen atoms in total. The van der Waals surface area contributed by atoms with E-state index < -0.39 is 11.9 Å². The number of hydrogen-bond donors (Lipinski definition) is 2. The van der Waals surface area contributed by atoms with Gasteiger partial charge < -0.3 is 19.9 Å². The van der Waals surface area contributed by atoms with Gasteiger partial charge in [0, 0.05) is 29.3 Å². The molecule has 0 saturated carbocycles. The molecule has 1 aliphatic carbocycles. The standard InChI is InChI=1S/C19H21NO5/c1-10-16(19(23)25-3)17(11-7-8-15(24-2)14(22)9-11)18-12(20-10)5-4-6-13(18)21/h7-9,17,20,22H,4-6H2,1-3H3/t17-/m0/s1. The van der Waals surface area contributed by atoms with Crippen LogP contribution in [0.2, 0.25) is 0 Å². The first-order valence-electron chi connectivity index (χ1n) is 8.17. The first-order chi connectivity index (χ1) is 12.0. The third kappa shape index (κ3) is 2.88. The molecule has 0 unspecified atom stereocenters. The van der Waals surface area contributed by atoms with Crippen molar-refractivity contribution in [2.45, 2.75) is 32.1 Å². The maximum atomic E-state index is 12.6. The summed E-state index contributed by atoms with van der Waals surface area (Å²) in [6.07, 6.45) is 1.99. The van der Waals surface area contributed by atoms with Gasteiger partial charge >= 0.3 is 5.97 Å². The summed E-state index contributed by atoms with van der Waals surface area (Å²) in [5.74, 6) is -0.737. The van der Waals surface area contributed by atoms with Crippen LogP contribution in [0, 0.1) is 0 Å². The van der Waals surface area contributed by atoms with Crippen molar-refractivity contribution in [2.24, 2.45) is 0 Å². The van der Waals surface area contributed by atoms with E-state index in [-0.39, 0.29) is 11.5 Å². The van der Waals surface area contributed by atoms with Crippen LogP contribution in [-0.4, -0.2) is 31.1 Å². The number of allylic oxidation sites excluding steroid dienone is 3. The summed E-state index contributed by atoms with van der Waals surface area (Å²) in [5.41, 5.74) is 3.15. The van der Waals surface area contributed by atoms with E-state index in [0.717, 1.165) is 18.5 Å². The first kappa shape index (κ1) is 17.1. The normalized spacial score (nSPS) is 20.1. The third-order valence-electron chi connectivity index (χ3n) is 4.72. The molecule has 25 heavy (non-hydrogen) atoms. The van der Waals surface area contributed by atoms with Gasteiger partial charge in [0.25, 0.3) is 0 Å². The lowest BCUT2D eigenvalue weighted by molar-refractivity contribution is -0.136. The highest BCUT2D eigenvalue weighted by Crippen LogP contribution is 2.44. The maximum Gasteiger partial charge on any atom is 0.336 e. The van der Waals surface area contributed by atoms with Crippen LogP contribution in [0.5, 0.6) is 11.5 Å². The Morgan fingerprint density at radius 1 is 1.28 bits per heavy atom. The topological polar surface area (TPSA) is 84.9 Å². The fraction of sp³-hybridized carbons (Fsp3) is 0.368. The molecule has 0 radical (unpaired) electrons. The summed E-state index contributed by atoms with van der Waals surface area (Å²) >= 11 is 0. The fourth-order valence-electron chi connectivity index (χ4n) is 3.58. The van der Waals surface area contributed by atoms with Gasteiger partial charge in [-0.15, -0.1) is 0 Å². The van der Waals surface area contributed by atoms with Crippen molar-refractivity contribution in [3.63, 3.8) is 0 Å². The lowest BCUT2D eigenvalue weighted by Crippen LogP contribution is -2.34. The van der Waals surface area contributed by atoms with Gasteiger partial charge in [-0.3, -0.25) is 4.79 Å². The molecule has 0 amide bonds. The molecule has 132 valence electrons. The molecule has 2 aliphatic rings. The fourth-order valence-corrected chi connectivity index (χ4v) is 3.58.